The van der Waals surface area contributed by atoms with Gasteiger partial charge < -0.3 is 10.6 Å². The Balaban J connectivity index is 1.80. The summed E-state index contributed by atoms with van der Waals surface area (Å²) in [6.07, 6.45) is 2.14. The van der Waals surface area contributed by atoms with Gasteiger partial charge in [0.2, 0.25) is 0 Å². The largest absolute Gasteiger partial charge is 0.350 e. The molecule has 0 aliphatic heterocycles. The molecule has 1 heterocycles. The molecule has 1 saturated carbocycles. The highest BCUT2D eigenvalue weighted by molar-refractivity contribution is 5.73. The lowest BCUT2D eigenvalue weighted by atomic mass is 10.3. The third kappa shape index (κ3) is 3.44. The molecule has 0 unspecified atom stereocenters. The van der Waals surface area contributed by atoms with Gasteiger partial charge in [0.25, 0.3) is 0 Å². The lowest BCUT2D eigenvalue weighted by Crippen LogP contribution is -2.38. The second-order valence-electron chi connectivity index (χ2n) is 5.60. The Kier molecular flexibility index (Phi) is 4.45. The summed E-state index contributed by atoms with van der Waals surface area (Å²) in [5.41, 5.74) is 0.679. The third-order valence-corrected chi connectivity index (χ3v) is 3.77. The minimum Gasteiger partial charge on any atom is -0.338 e. The maximum Gasteiger partial charge on any atom is 0.350 e. The van der Waals surface area contributed by atoms with Crippen LogP contribution in [0.3, 0.4) is 0 Å². The predicted octanol–water partition coefficient (Wildman–Crippen LogP) is 1.23. The number of nitrogens with zero attached hydrogens (tertiary/aromatic N) is 3. The lowest BCUT2D eigenvalue weighted by Gasteiger charge is -2.05. The number of para-hydroxylation sites is 1. The molecule has 2 aromatic rings. The molecule has 1 fully saturated rings. The average Bonchev–Trinajstić information content (AvgIpc) is 3.34. The van der Waals surface area contributed by atoms with Crippen LogP contribution in [0.1, 0.15) is 31.5 Å². The van der Waals surface area contributed by atoms with Crippen LogP contribution in [-0.2, 0) is 6.54 Å². The van der Waals surface area contributed by atoms with E-state index in [4.69, 9.17) is 0 Å². The maximum absolute atomic E-state index is 12.7. The van der Waals surface area contributed by atoms with Crippen LogP contribution < -0.4 is 16.3 Å². The van der Waals surface area contributed by atoms with E-state index in [-0.39, 0.29) is 11.7 Å². The zero-order valence-electron chi connectivity index (χ0n) is 13.2. The molecule has 1 aromatic heterocycles. The van der Waals surface area contributed by atoms with Crippen molar-refractivity contribution in [2.24, 2.45) is 0 Å². The van der Waals surface area contributed by atoms with Crippen LogP contribution >= 0.6 is 0 Å². The maximum atomic E-state index is 12.7. The number of urea groups is 1. The molecule has 0 saturated heterocycles. The minimum atomic E-state index is -0.231. The first-order valence-electron chi connectivity index (χ1n) is 7.97. The van der Waals surface area contributed by atoms with Gasteiger partial charge in [-0.25, -0.2) is 18.8 Å². The standard InChI is InChI=1S/C16H21N5O2/c1-2-17-15(22)18-10-11-20-16(23)21(13-6-4-3-5-7-13)14(19-20)12-8-9-12/h3-7,12H,2,8-11H2,1H3,(H2,17,18,22). The average molecular weight is 315 g/mol. The summed E-state index contributed by atoms with van der Waals surface area (Å²) in [4.78, 5) is 24.1. The van der Waals surface area contributed by atoms with Gasteiger partial charge in [0.1, 0.15) is 5.82 Å². The smallest absolute Gasteiger partial charge is 0.338 e. The molecule has 1 aliphatic rings. The molecular formula is C16H21N5O2. The first-order chi connectivity index (χ1) is 11.2. The van der Waals surface area contributed by atoms with Crippen LogP contribution in [-0.4, -0.2) is 33.5 Å². The van der Waals surface area contributed by atoms with Gasteiger partial charge in [0.05, 0.1) is 12.2 Å². The van der Waals surface area contributed by atoms with Crippen molar-refractivity contribution >= 4 is 6.03 Å². The fourth-order valence-corrected chi connectivity index (χ4v) is 2.49. The number of hydrogen-bond donors (Lipinski definition) is 2. The van der Waals surface area contributed by atoms with Gasteiger partial charge in [-0.05, 0) is 31.9 Å². The van der Waals surface area contributed by atoms with E-state index in [1.54, 1.807) is 4.57 Å². The van der Waals surface area contributed by atoms with E-state index in [0.29, 0.717) is 25.6 Å². The Morgan fingerprint density at radius 1 is 1.26 bits per heavy atom. The van der Waals surface area contributed by atoms with E-state index in [2.05, 4.69) is 15.7 Å². The Morgan fingerprint density at radius 2 is 2.00 bits per heavy atom. The molecule has 0 spiro atoms. The Bertz CT molecular complexity index is 731. The molecule has 2 amide bonds. The van der Waals surface area contributed by atoms with Gasteiger partial charge in [0, 0.05) is 19.0 Å². The summed E-state index contributed by atoms with van der Waals surface area (Å²) in [5.74, 6) is 1.18. The summed E-state index contributed by atoms with van der Waals surface area (Å²) in [6, 6.07) is 9.33. The predicted molar refractivity (Wildman–Crippen MR) is 86.9 cm³/mol. The van der Waals surface area contributed by atoms with Gasteiger partial charge in [-0.3, -0.25) is 0 Å². The topological polar surface area (TPSA) is 81.0 Å². The second-order valence-corrected chi connectivity index (χ2v) is 5.60. The normalized spacial score (nSPS) is 13.8. The van der Waals surface area contributed by atoms with E-state index in [9.17, 15) is 9.59 Å². The Labute approximate surface area is 134 Å². The van der Waals surface area contributed by atoms with Gasteiger partial charge in [-0.1, -0.05) is 18.2 Å². The highest BCUT2D eigenvalue weighted by Crippen LogP contribution is 2.39. The SMILES string of the molecule is CCNC(=O)NCCn1nc(C2CC2)n(-c2ccccc2)c1=O. The van der Waals surface area contributed by atoms with Gasteiger partial charge in [-0.2, -0.15) is 5.10 Å². The molecule has 0 atom stereocenters. The van der Waals surface area contributed by atoms with Crippen LogP contribution in [0.5, 0.6) is 0 Å². The van der Waals surface area contributed by atoms with Crippen LogP contribution in [0.4, 0.5) is 4.79 Å². The Morgan fingerprint density at radius 3 is 2.65 bits per heavy atom. The quantitative estimate of drug-likeness (QED) is 0.841. The zero-order valence-corrected chi connectivity index (χ0v) is 13.2. The number of nitrogens with one attached hydrogen (secondary N) is 2. The number of hydrogen-bond acceptors (Lipinski definition) is 3. The second kappa shape index (κ2) is 6.68. The zero-order chi connectivity index (χ0) is 16.2. The van der Waals surface area contributed by atoms with Gasteiger partial charge in [0.15, 0.2) is 0 Å². The van der Waals surface area contributed by atoms with Crippen LogP contribution in [0.25, 0.3) is 5.69 Å². The van der Waals surface area contributed by atoms with Crippen molar-refractivity contribution in [2.75, 3.05) is 13.1 Å². The van der Waals surface area contributed by atoms with Crippen molar-refractivity contribution in [1.82, 2.24) is 25.0 Å². The van der Waals surface area contributed by atoms with Gasteiger partial charge in [-0.15, -0.1) is 0 Å². The van der Waals surface area contributed by atoms with Crippen molar-refractivity contribution in [3.05, 3.63) is 46.6 Å². The first kappa shape index (κ1) is 15.3. The molecule has 3 rings (SSSR count). The molecule has 0 bridgehead atoms. The number of amides is 2. The van der Waals surface area contributed by atoms with Crippen LogP contribution in [0, 0.1) is 0 Å². The van der Waals surface area contributed by atoms with Crippen LogP contribution in [0.15, 0.2) is 35.1 Å². The first-order valence-corrected chi connectivity index (χ1v) is 7.97. The molecule has 7 heteroatoms. The fourth-order valence-electron chi connectivity index (χ4n) is 2.49. The van der Waals surface area contributed by atoms with E-state index >= 15 is 0 Å². The molecule has 1 aromatic carbocycles. The minimum absolute atomic E-state index is 0.157. The molecule has 122 valence electrons. The van der Waals surface area contributed by atoms with E-state index < -0.39 is 0 Å². The third-order valence-electron chi connectivity index (χ3n) is 3.77. The highest BCUT2D eigenvalue weighted by Gasteiger charge is 2.31. The molecular weight excluding hydrogens is 294 g/mol. The number of rotatable bonds is 6. The summed E-state index contributed by atoms with van der Waals surface area (Å²) < 4.78 is 3.12. The Hall–Kier alpha value is -2.57. The van der Waals surface area contributed by atoms with Crippen molar-refractivity contribution in [3.8, 4) is 5.69 Å². The summed E-state index contributed by atoms with van der Waals surface area (Å²) in [6.45, 7) is 3.14. The molecule has 7 nitrogen and oxygen atoms in total. The summed E-state index contributed by atoms with van der Waals surface area (Å²) in [7, 11) is 0. The number of aromatic nitrogens is 3. The molecule has 1 aliphatic carbocycles. The monoisotopic (exact) mass is 315 g/mol. The highest BCUT2D eigenvalue weighted by atomic mass is 16.2. The van der Waals surface area contributed by atoms with Crippen LogP contribution in [0.2, 0.25) is 0 Å². The molecule has 2 N–H and O–H groups in total. The van der Waals surface area contributed by atoms with E-state index in [1.165, 1.54) is 4.68 Å². The number of carbonyl (C=O) groups is 1. The summed E-state index contributed by atoms with van der Waals surface area (Å²) >= 11 is 0. The van der Waals surface area contributed by atoms with Gasteiger partial charge >= 0.3 is 11.7 Å². The molecule has 23 heavy (non-hydrogen) atoms. The number of benzene rings is 1. The molecule has 0 radical (unpaired) electrons. The number of carbonyl (C=O) groups excluding carboxylic acids is 1. The fraction of sp³-hybridized carbons (Fsp3) is 0.438. The lowest BCUT2D eigenvalue weighted by molar-refractivity contribution is 0.241. The van der Waals surface area contributed by atoms with Crippen molar-refractivity contribution in [1.29, 1.82) is 0 Å². The van der Waals surface area contributed by atoms with E-state index in [0.717, 1.165) is 24.4 Å². The summed E-state index contributed by atoms with van der Waals surface area (Å²) in [5, 5.41) is 9.85. The van der Waals surface area contributed by atoms with Crippen molar-refractivity contribution in [2.45, 2.75) is 32.2 Å². The van der Waals surface area contributed by atoms with E-state index in [1.807, 2.05) is 37.3 Å². The van der Waals surface area contributed by atoms with Crippen molar-refractivity contribution in [3.63, 3.8) is 0 Å². The van der Waals surface area contributed by atoms with Crippen molar-refractivity contribution < 1.29 is 4.79 Å².